The van der Waals surface area contributed by atoms with Crippen molar-refractivity contribution in [1.29, 1.82) is 0 Å². The highest BCUT2D eigenvalue weighted by Gasteiger charge is 2.00. The number of hydrogen-bond acceptors (Lipinski definition) is 4. The van der Waals surface area contributed by atoms with Gasteiger partial charge in [0.1, 0.15) is 5.76 Å². The Labute approximate surface area is 119 Å². The molecule has 0 aliphatic carbocycles. The number of rotatable bonds is 13. The minimum absolute atomic E-state index is 0. The van der Waals surface area contributed by atoms with E-state index in [2.05, 4.69) is 17.7 Å². The summed E-state index contributed by atoms with van der Waals surface area (Å²) < 4.78 is 35.0. The summed E-state index contributed by atoms with van der Waals surface area (Å²) in [6, 6.07) is 0. The summed E-state index contributed by atoms with van der Waals surface area (Å²) in [7, 11) is -4.64. The molecule has 4 nitrogen and oxygen atoms in total. The lowest BCUT2D eigenvalue weighted by Gasteiger charge is -2.10. The van der Waals surface area contributed by atoms with E-state index in [1.54, 1.807) is 0 Å². The number of unbranched alkanes of at least 4 members (excludes halogenated alkanes) is 9. The molecule has 0 N–H and O–H groups in total. The molecule has 0 aromatic carbocycles. The summed E-state index contributed by atoms with van der Waals surface area (Å²) in [5.74, 6) is 0.0505. The molecule has 0 radical (unpaired) electrons. The summed E-state index contributed by atoms with van der Waals surface area (Å²) in [5.41, 5.74) is 0. The summed E-state index contributed by atoms with van der Waals surface area (Å²) in [4.78, 5) is 0. The van der Waals surface area contributed by atoms with Gasteiger partial charge in [0.05, 0.1) is 0 Å². The fourth-order valence-corrected chi connectivity index (χ4v) is 2.37. The van der Waals surface area contributed by atoms with Crippen molar-refractivity contribution in [2.75, 3.05) is 0 Å². The smallest absolute Gasteiger partial charge is 0.716 e. The molecule has 0 aliphatic heterocycles. The molecule has 0 rings (SSSR count). The van der Waals surface area contributed by atoms with Crippen LogP contribution in [0.5, 0.6) is 0 Å². The molecule has 0 aliphatic rings. The molecule has 0 saturated carbocycles. The maximum Gasteiger partial charge on any atom is 1.00 e. The molecule has 0 bridgehead atoms. The molecule has 0 aromatic heterocycles. The molecule has 5 heteroatoms. The third-order valence-electron chi connectivity index (χ3n) is 3.03. The maximum absolute atomic E-state index is 10.3. The number of allylic oxidation sites excluding steroid dienone is 1. The average Bonchev–Trinajstić information content (AvgIpc) is 2.29. The van der Waals surface area contributed by atoms with Crippen LogP contribution in [0.1, 0.15) is 79.0 Å². The first kappa shape index (κ1) is 18.4. The van der Waals surface area contributed by atoms with Gasteiger partial charge in [0, 0.05) is 6.42 Å². The second kappa shape index (κ2) is 11.3. The van der Waals surface area contributed by atoms with E-state index in [0.29, 0.717) is 6.42 Å². The summed E-state index contributed by atoms with van der Waals surface area (Å²) in [6.45, 7) is 5.63. The normalized spacial score (nSPS) is 11.5. The van der Waals surface area contributed by atoms with Crippen molar-refractivity contribution in [3.05, 3.63) is 12.3 Å². The fourth-order valence-electron chi connectivity index (χ4n) is 2.00. The van der Waals surface area contributed by atoms with Gasteiger partial charge >= 0.3 is 1.43 Å². The lowest BCUT2D eigenvalue weighted by Crippen LogP contribution is -2.03. The maximum atomic E-state index is 10.3. The Kier molecular flexibility index (Phi) is 11.0. The molecule has 0 atom stereocenters. The zero-order chi connectivity index (χ0) is 14.6. The third kappa shape index (κ3) is 15.4. The van der Waals surface area contributed by atoms with Crippen molar-refractivity contribution < 1.29 is 18.6 Å². The fraction of sp³-hybridized carbons (Fsp3) is 0.857. The van der Waals surface area contributed by atoms with Crippen molar-refractivity contribution in [1.82, 2.24) is 0 Å². The molecule has 0 spiro atoms. The average molecular weight is 292 g/mol. The highest BCUT2D eigenvalue weighted by Crippen LogP contribution is 2.14. The van der Waals surface area contributed by atoms with E-state index < -0.39 is 10.4 Å². The van der Waals surface area contributed by atoms with E-state index in [9.17, 15) is 13.0 Å². The first-order valence-corrected chi connectivity index (χ1v) is 8.62. The van der Waals surface area contributed by atoms with Crippen LogP contribution in [0.25, 0.3) is 0 Å². The SMILES string of the molecule is C=C(CCCCCCCCCCCC)OS(=O)(=O)[O-].[H+]. The topological polar surface area (TPSA) is 66.4 Å². The molecule has 19 heavy (non-hydrogen) atoms. The van der Waals surface area contributed by atoms with Crippen LogP contribution >= 0.6 is 0 Å². The zero-order valence-corrected chi connectivity index (χ0v) is 12.8. The molecular formula is C14H28O4S. The quantitative estimate of drug-likeness (QED) is 0.218. The van der Waals surface area contributed by atoms with Crippen LogP contribution in [0.4, 0.5) is 0 Å². The molecule has 0 aromatic rings. The van der Waals surface area contributed by atoms with Crippen LogP contribution in [-0.4, -0.2) is 13.0 Å². The highest BCUT2D eigenvalue weighted by atomic mass is 32.3. The Morgan fingerprint density at radius 1 is 1.00 bits per heavy atom. The van der Waals surface area contributed by atoms with Gasteiger partial charge < -0.3 is 8.74 Å². The van der Waals surface area contributed by atoms with Gasteiger partial charge in [0.15, 0.2) is 0 Å². The number of hydrogen-bond donors (Lipinski definition) is 0. The Bertz CT molecular complexity index is 328. The van der Waals surface area contributed by atoms with E-state index in [-0.39, 0.29) is 7.19 Å². The summed E-state index contributed by atoms with van der Waals surface area (Å²) in [6.07, 6.45) is 12.5. The van der Waals surface area contributed by atoms with Crippen LogP contribution < -0.4 is 0 Å². The molecule has 0 amide bonds. The lowest BCUT2D eigenvalue weighted by atomic mass is 10.1. The minimum Gasteiger partial charge on any atom is -0.716 e. The van der Waals surface area contributed by atoms with Crippen LogP contribution in [0, 0.1) is 0 Å². The minimum atomic E-state index is -4.64. The van der Waals surface area contributed by atoms with Crippen LogP contribution in [-0.2, 0) is 14.6 Å². The van der Waals surface area contributed by atoms with Gasteiger partial charge in [0.25, 0.3) is 10.4 Å². The van der Waals surface area contributed by atoms with Crippen molar-refractivity contribution >= 4 is 10.4 Å². The first-order valence-electron chi connectivity index (χ1n) is 7.29. The highest BCUT2D eigenvalue weighted by molar-refractivity contribution is 7.80. The molecule has 0 unspecified atom stereocenters. The largest absolute Gasteiger partial charge is 1.00 e. The molecular weight excluding hydrogens is 264 g/mol. The lowest BCUT2D eigenvalue weighted by molar-refractivity contribution is 0.312. The van der Waals surface area contributed by atoms with Gasteiger partial charge in [0.2, 0.25) is 0 Å². The second-order valence-electron chi connectivity index (χ2n) is 4.96. The van der Waals surface area contributed by atoms with Gasteiger partial charge in [-0.05, 0) is 6.42 Å². The Balaban J connectivity index is 0. The zero-order valence-electron chi connectivity index (χ0n) is 13.0. The first-order chi connectivity index (χ1) is 8.95. The van der Waals surface area contributed by atoms with Crippen molar-refractivity contribution in [2.45, 2.75) is 77.6 Å². The van der Waals surface area contributed by atoms with E-state index in [1.165, 1.54) is 44.9 Å². The van der Waals surface area contributed by atoms with Crippen molar-refractivity contribution in [2.24, 2.45) is 0 Å². The standard InChI is InChI=1S/C14H28O4S/c1-3-4-5-6-7-8-9-10-11-12-13-14(2)18-19(15,16)17/h2-13H2,1H3,(H,15,16,17). The molecule has 0 heterocycles. The third-order valence-corrected chi connectivity index (χ3v) is 3.47. The molecule has 114 valence electrons. The van der Waals surface area contributed by atoms with Gasteiger partial charge in [-0.15, -0.1) is 0 Å². The predicted molar refractivity (Wildman–Crippen MR) is 77.5 cm³/mol. The van der Waals surface area contributed by atoms with Gasteiger partial charge in [-0.25, -0.2) is 8.42 Å². The van der Waals surface area contributed by atoms with Crippen LogP contribution in [0.15, 0.2) is 12.3 Å². The van der Waals surface area contributed by atoms with E-state index in [1.807, 2.05) is 0 Å². The van der Waals surface area contributed by atoms with Gasteiger partial charge in [-0.1, -0.05) is 71.3 Å². The molecule has 0 fully saturated rings. The second-order valence-corrected chi connectivity index (χ2v) is 5.95. The van der Waals surface area contributed by atoms with Gasteiger partial charge in [-0.3, -0.25) is 0 Å². The Morgan fingerprint density at radius 2 is 1.42 bits per heavy atom. The van der Waals surface area contributed by atoms with Gasteiger partial charge in [-0.2, -0.15) is 0 Å². The monoisotopic (exact) mass is 292 g/mol. The Morgan fingerprint density at radius 3 is 1.84 bits per heavy atom. The molecule has 0 saturated heterocycles. The summed E-state index contributed by atoms with van der Waals surface area (Å²) >= 11 is 0. The van der Waals surface area contributed by atoms with E-state index in [4.69, 9.17) is 0 Å². The summed E-state index contributed by atoms with van der Waals surface area (Å²) in [5, 5.41) is 0. The van der Waals surface area contributed by atoms with Crippen LogP contribution in [0.2, 0.25) is 0 Å². The van der Waals surface area contributed by atoms with E-state index in [0.717, 1.165) is 19.3 Å². The Hall–Kier alpha value is -0.550. The van der Waals surface area contributed by atoms with E-state index >= 15 is 0 Å². The van der Waals surface area contributed by atoms with Crippen molar-refractivity contribution in [3.8, 4) is 0 Å². The van der Waals surface area contributed by atoms with Crippen molar-refractivity contribution in [3.63, 3.8) is 0 Å². The predicted octanol–water partition coefficient (Wildman–Crippen LogP) is 4.40. The van der Waals surface area contributed by atoms with Crippen LogP contribution in [0.3, 0.4) is 0 Å².